The molecule has 0 aliphatic rings. The molecule has 5 nitrogen and oxygen atoms in total. The van der Waals surface area contributed by atoms with Gasteiger partial charge >= 0.3 is 5.97 Å². The Labute approximate surface area is 139 Å². The van der Waals surface area contributed by atoms with E-state index in [0.29, 0.717) is 11.4 Å². The number of thiophene rings is 1. The molecule has 0 saturated heterocycles. The maximum absolute atomic E-state index is 12.4. The Morgan fingerprint density at radius 3 is 2.74 bits per heavy atom. The fraction of sp³-hybridized carbons (Fsp3) is 0.353. The van der Waals surface area contributed by atoms with Gasteiger partial charge in [-0.2, -0.15) is 5.26 Å². The number of likely N-dealkylation sites (N-methyl/N-ethyl adjacent to an activating group) is 1. The molecular formula is C17H18N2O3S. The van der Waals surface area contributed by atoms with Crippen LogP contribution in [0.1, 0.15) is 28.6 Å². The summed E-state index contributed by atoms with van der Waals surface area (Å²) in [5.41, 5.74) is 0.869. The topological polar surface area (TPSA) is 70.4 Å². The van der Waals surface area contributed by atoms with E-state index in [1.54, 1.807) is 14.0 Å². The molecule has 0 N–H and O–H groups in total. The van der Waals surface area contributed by atoms with Crippen LogP contribution in [0.15, 0.2) is 24.3 Å². The Kier molecular flexibility index (Phi) is 5.35. The first-order chi connectivity index (χ1) is 11.0. The summed E-state index contributed by atoms with van der Waals surface area (Å²) >= 11 is 1.37. The summed E-state index contributed by atoms with van der Waals surface area (Å²) < 4.78 is 6.32. The summed E-state index contributed by atoms with van der Waals surface area (Å²) in [7, 11) is 1.59. The molecule has 0 bridgehead atoms. The molecule has 1 aromatic carbocycles. The van der Waals surface area contributed by atoms with Gasteiger partial charge in [0.2, 0.25) is 0 Å². The van der Waals surface area contributed by atoms with E-state index < -0.39 is 12.1 Å². The van der Waals surface area contributed by atoms with Crippen molar-refractivity contribution in [2.75, 3.05) is 13.6 Å². The molecule has 0 aliphatic heterocycles. The number of carbonyl (C=O) groups is 2. The summed E-state index contributed by atoms with van der Waals surface area (Å²) in [6.07, 6.45) is -0.631. The lowest BCUT2D eigenvalue weighted by atomic mass is 10.1. The third kappa shape index (κ3) is 3.69. The van der Waals surface area contributed by atoms with Crippen LogP contribution in [0, 0.1) is 18.3 Å². The first-order valence-corrected chi connectivity index (χ1v) is 8.08. The van der Waals surface area contributed by atoms with Crippen LogP contribution in [0.2, 0.25) is 0 Å². The number of nitriles is 1. The van der Waals surface area contributed by atoms with Crippen molar-refractivity contribution in [2.24, 2.45) is 0 Å². The van der Waals surface area contributed by atoms with Gasteiger partial charge in [0.25, 0.3) is 5.91 Å². The summed E-state index contributed by atoms with van der Waals surface area (Å²) in [6, 6.07) is 9.74. The van der Waals surface area contributed by atoms with Crippen LogP contribution in [0.4, 0.5) is 0 Å². The first kappa shape index (κ1) is 17.0. The number of amides is 1. The Hall–Kier alpha value is -2.39. The maximum atomic E-state index is 12.4. The van der Waals surface area contributed by atoms with Crippen molar-refractivity contribution in [1.82, 2.24) is 4.90 Å². The van der Waals surface area contributed by atoms with Crippen LogP contribution in [-0.4, -0.2) is 36.5 Å². The molecule has 0 fully saturated rings. The van der Waals surface area contributed by atoms with Gasteiger partial charge in [0.05, 0.1) is 12.5 Å². The number of hydrogen-bond acceptors (Lipinski definition) is 5. The van der Waals surface area contributed by atoms with Crippen LogP contribution >= 0.6 is 11.3 Å². The molecule has 0 saturated carbocycles. The van der Waals surface area contributed by atoms with Crippen molar-refractivity contribution in [3.8, 4) is 6.07 Å². The number of esters is 1. The summed E-state index contributed by atoms with van der Waals surface area (Å²) in [4.78, 5) is 26.4. The highest BCUT2D eigenvalue weighted by atomic mass is 32.1. The lowest BCUT2D eigenvalue weighted by molar-refractivity contribution is -0.138. The number of ether oxygens (including phenoxy) is 1. The number of benzene rings is 1. The lowest BCUT2D eigenvalue weighted by Crippen LogP contribution is -2.37. The predicted octanol–water partition coefficient (Wildman–Crippen LogP) is 3.13. The fourth-order valence-corrected chi connectivity index (χ4v) is 3.36. The molecule has 2 aromatic rings. The molecule has 6 heteroatoms. The van der Waals surface area contributed by atoms with Gasteiger partial charge in [-0.3, -0.25) is 4.79 Å². The van der Waals surface area contributed by atoms with Gasteiger partial charge in [-0.15, -0.1) is 11.3 Å². The van der Waals surface area contributed by atoms with E-state index in [9.17, 15) is 9.59 Å². The van der Waals surface area contributed by atoms with Gasteiger partial charge in [0.1, 0.15) is 4.88 Å². The first-order valence-electron chi connectivity index (χ1n) is 7.26. The molecule has 0 aliphatic carbocycles. The largest absolute Gasteiger partial charge is 0.448 e. The molecule has 1 heterocycles. The van der Waals surface area contributed by atoms with E-state index in [-0.39, 0.29) is 12.3 Å². The SMILES string of the molecule is Cc1c(C(=O)O[C@@H](C)C(=O)N(C)CCC#N)sc2ccccc12. The molecule has 0 unspecified atom stereocenters. The third-order valence-corrected chi connectivity index (χ3v) is 4.85. The van der Waals surface area contributed by atoms with Crippen molar-refractivity contribution in [3.63, 3.8) is 0 Å². The molecular weight excluding hydrogens is 312 g/mol. The number of fused-ring (bicyclic) bond motifs is 1. The van der Waals surface area contributed by atoms with Crippen LogP contribution in [0.25, 0.3) is 10.1 Å². The summed E-state index contributed by atoms with van der Waals surface area (Å²) in [6.45, 7) is 3.74. The predicted molar refractivity (Wildman–Crippen MR) is 89.3 cm³/mol. The number of rotatable bonds is 5. The second-order valence-corrected chi connectivity index (χ2v) is 6.32. The van der Waals surface area contributed by atoms with E-state index in [1.165, 1.54) is 16.2 Å². The maximum Gasteiger partial charge on any atom is 0.349 e. The minimum Gasteiger partial charge on any atom is -0.448 e. The highest BCUT2D eigenvalue weighted by Gasteiger charge is 2.24. The lowest BCUT2D eigenvalue weighted by Gasteiger charge is -2.20. The Bertz CT molecular complexity index is 776. The molecule has 0 spiro atoms. The number of aryl methyl sites for hydroxylation is 1. The smallest absolute Gasteiger partial charge is 0.349 e. The molecule has 1 amide bonds. The van der Waals surface area contributed by atoms with Crippen LogP contribution in [0.3, 0.4) is 0 Å². The zero-order chi connectivity index (χ0) is 17.0. The second kappa shape index (κ2) is 7.25. The van der Waals surface area contributed by atoms with Crippen LogP contribution in [0.5, 0.6) is 0 Å². The zero-order valence-corrected chi connectivity index (χ0v) is 14.1. The van der Waals surface area contributed by atoms with Gasteiger partial charge < -0.3 is 9.64 Å². The highest BCUT2D eigenvalue weighted by molar-refractivity contribution is 7.21. The number of nitrogens with zero attached hydrogens (tertiary/aromatic N) is 2. The molecule has 120 valence electrons. The van der Waals surface area contributed by atoms with Gasteiger partial charge in [0, 0.05) is 18.3 Å². The minimum absolute atomic E-state index is 0.248. The van der Waals surface area contributed by atoms with Gasteiger partial charge in [-0.25, -0.2) is 4.79 Å². The number of carbonyl (C=O) groups excluding carboxylic acids is 2. The van der Waals surface area contributed by atoms with Crippen molar-refractivity contribution >= 4 is 33.3 Å². The molecule has 0 radical (unpaired) electrons. The van der Waals surface area contributed by atoms with Gasteiger partial charge in [-0.05, 0) is 30.9 Å². The van der Waals surface area contributed by atoms with Crippen LogP contribution in [-0.2, 0) is 9.53 Å². The second-order valence-electron chi connectivity index (χ2n) is 5.27. The quantitative estimate of drug-likeness (QED) is 0.790. The average Bonchev–Trinajstić information content (AvgIpc) is 2.89. The van der Waals surface area contributed by atoms with Crippen LogP contribution < -0.4 is 0 Å². The zero-order valence-electron chi connectivity index (χ0n) is 13.3. The highest BCUT2D eigenvalue weighted by Crippen LogP contribution is 2.31. The molecule has 23 heavy (non-hydrogen) atoms. The van der Waals surface area contributed by atoms with Gasteiger partial charge in [0.15, 0.2) is 6.10 Å². The van der Waals surface area contributed by atoms with E-state index in [1.807, 2.05) is 37.3 Å². The molecule has 2 rings (SSSR count). The van der Waals surface area contributed by atoms with E-state index in [2.05, 4.69) is 0 Å². The normalized spacial score (nSPS) is 11.7. The Balaban J connectivity index is 2.10. The van der Waals surface area contributed by atoms with E-state index >= 15 is 0 Å². The average molecular weight is 330 g/mol. The van der Waals surface area contributed by atoms with Crippen molar-refractivity contribution in [3.05, 3.63) is 34.7 Å². The van der Waals surface area contributed by atoms with Crippen molar-refractivity contribution in [1.29, 1.82) is 5.26 Å². The fourth-order valence-electron chi connectivity index (χ4n) is 2.27. The van der Waals surface area contributed by atoms with E-state index in [4.69, 9.17) is 10.00 Å². The Morgan fingerprint density at radius 2 is 2.09 bits per heavy atom. The standard InChI is InChI=1S/C17H18N2O3S/c1-11-13-7-4-5-8-14(13)23-15(11)17(21)22-12(2)16(20)19(3)10-6-9-18/h4-5,7-8,12H,6,10H2,1-3H3/t12-/m0/s1. The van der Waals surface area contributed by atoms with E-state index in [0.717, 1.165) is 15.6 Å². The summed E-state index contributed by atoms with van der Waals surface area (Å²) in [5, 5.41) is 9.58. The third-order valence-electron chi connectivity index (χ3n) is 3.60. The van der Waals surface area contributed by atoms with Crippen molar-refractivity contribution in [2.45, 2.75) is 26.4 Å². The minimum atomic E-state index is -0.879. The summed E-state index contributed by atoms with van der Waals surface area (Å²) in [5.74, 6) is -0.800. The van der Waals surface area contributed by atoms with Crippen molar-refractivity contribution < 1.29 is 14.3 Å². The number of hydrogen-bond donors (Lipinski definition) is 0. The van der Waals surface area contributed by atoms with Gasteiger partial charge in [-0.1, -0.05) is 18.2 Å². The molecule has 1 aromatic heterocycles. The monoisotopic (exact) mass is 330 g/mol. The Morgan fingerprint density at radius 1 is 1.39 bits per heavy atom. The molecule has 1 atom stereocenters.